The highest BCUT2D eigenvalue weighted by molar-refractivity contribution is 5.41. The van der Waals surface area contributed by atoms with Gasteiger partial charge >= 0.3 is 0 Å². The number of rotatable bonds is 3. The van der Waals surface area contributed by atoms with Crippen molar-refractivity contribution < 1.29 is 9.26 Å². The summed E-state index contributed by atoms with van der Waals surface area (Å²) in [4.78, 5) is 4.03. The van der Waals surface area contributed by atoms with E-state index in [4.69, 9.17) is 14.5 Å². The highest BCUT2D eigenvalue weighted by Gasteiger charge is 2.06. The molecule has 0 spiro atoms. The van der Waals surface area contributed by atoms with Gasteiger partial charge in [0.1, 0.15) is 5.75 Å². The summed E-state index contributed by atoms with van der Waals surface area (Å²) in [6.45, 7) is 3.86. The minimum atomic E-state index is 0.205. The van der Waals surface area contributed by atoms with E-state index in [0.717, 1.165) is 5.56 Å². The van der Waals surface area contributed by atoms with Crippen LogP contribution in [0.1, 0.15) is 22.8 Å². The van der Waals surface area contributed by atoms with Crippen LogP contribution >= 0.6 is 0 Å². The van der Waals surface area contributed by atoms with Crippen molar-refractivity contribution in [3.63, 3.8) is 0 Å². The normalized spacial score (nSPS) is 9.94. The fourth-order valence-corrected chi connectivity index (χ4v) is 1.36. The predicted octanol–water partition coefficient (Wildman–Crippen LogP) is 2.14. The van der Waals surface area contributed by atoms with E-state index in [0.29, 0.717) is 23.0 Å². The first-order valence-electron chi connectivity index (χ1n) is 5.12. The molecular weight excluding hydrogens is 218 g/mol. The molecule has 0 bridgehead atoms. The number of aryl methyl sites for hydroxylation is 2. The van der Waals surface area contributed by atoms with Gasteiger partial charge in [0.25, 0.3) is 5.89 Å². The average Bonchev–Trinajstić information content (AvgIpc) is 2.74. The van der Waals surface area contributed by atoms with Crippen molar-refractivity contribution in [2.24, 2.45) is 0 Å². The van der Waals surface area contributed by atoms with Gasteiger partial charge in [-0.1, -0.05) is 11.2 Å². The van der Waals surface area contributed by atoms with Gasteiger partial charge in [-0.05, 0) is 31.5 Å². The zero-order valence-corrected chi connectivity index (χ0v) is 9.60. The molecule has 2 rings (SSSR count). The lowest BCUT2D eigenvalue weighted by Gasteiger charge is -2.06. The third-order valence-electron chi connectivity index (χ3n) is 2.24. The van der Waals surface area contributed by atoms with Crippen LogP contribution in [0.25, 0.3) is 0 Å². The summed E-state index contributed by atoms with van der Waals surface area (Å²) in [5.41, 5.74) is 1.52. The third-order valence-corrected chi connectivity index (χ3v) is 2.24. The van der Waals surface area contributed by atoms with Crippen LogP contribution < -0.4 is 4.74 Å². The Bertz CT molecular complexity index is 569. The van der Waals surface area contributed by atoms with Gasteiger partial charge in [-0.3, -0.25) is 0 Å². The maximum atomic E-state index is 8.80. The zero-order valence-electron chi connectivity index (χ0n) is 9.60. The van der Waals surface area contributed by atoms with Crippen LogP contribution in [0.4, 0.5) is 0 Å². The second-order valence-corrected chi connectivity index (χ2v) is 3.62. The molecule has 0 fully saturated rings. The van der Waals surface area contributed by atoms with E-state index in [1.807, 2.05) is 13.0 Å². The van der Waals surface area contributed by atoms with Crippen LogP contribution in [0.15, 0.2) is 22.7 Å². The lowest BCUT2D eigenvalue weighted by atomic mass is 10.1. The van der Waals surface area contributed by atoms with Crippen molar-refractivity contribution in [3.8, 4) is 11.8 Å². The molecule has 1 aromatic heterocycles. The van der Waals surface area contributed by atoms with Crippen LogP contribution in [0.2, 0.25) is 0 Å². The van der Waals surface area contributed by atoms with E-state index < -0.39 is 0 Å². The van der Waals surface area contributed by atoms with Gasteiger partial charge in [0.05, 0.1) is 11.6 Å². The van der Waals surface area contributed by atoms with Crippen LogP contribution in [-0.4, -0.2) is 10.1 Å². The molecule has 5 nitrogen and oxygen atoms in total. The Morgan fingerprint density at radius 2 is 2.24 bits per heavy atom. The van der Waals surface area contributed by atoms with Crippen LogP contribution in [0.3, 0.4) is 0 Å². The molecule has 0 saturated heterocycles. The topological polar surface area (TPSA) is 71.9 Å². The summed E-state index contributed by atoms with van der Waals surface area (Å²) in [7, 11) is 0. The molecule has 0 radical (unpaired) electrons. The summed E-state index contributed by atoms with van der Waals surface area (Å²) in [6.07, 6.45) is 0. The Kier molecular flexibility index (Phi) is 3.06. The molecule has 5 heteroatoms. The van der Waals surface area contributed by atoms with Crippen LogP contribution in [-0.2, 0) is 6.61 Å². The molecule has 0 atom stereocenters. The van der Waals surface area contributed by atoms with E-state index >= 15 is 0 Å². The highest BCUT2D eigenvalue weighted by atomic mass is 16.5. The molecule has 2 aromatic rings. The number of aromatic nitrogens is 2. The number of benzene rings is 1. The van der Waals surface area contributed by atoms with Crippen molar-refractivity contribution in [1.82, 2.24) is 10.1 Å². The third kappa shape index (κ3) is 2.61. The lowest BCUT2D eigenvalue weighted by molar-refractivity contribution is 0.241. The monoisotopic (exact) mass is 229 g/mol. The number of nitrogens with zero attached hydrogens (tertiary/aromatic N) is 3. The fourth-order valence-electron chi connectivity index (χ4n) is 1.36. The Morgan fingerprint density at radius 3 is 2.88 bits per heavy atom. The van der Waals surface area contributed by atoms with Gasteiger partial charge < -0.3 is 9.26 Å². The first kappa shape index (κ1) is 11.1. The summed E-state index contributed by atoms with van der Waals surface area (Å²) in [5, 5.41) is 12.5. The Balaban J connectivity index is 2.11. The first-order valence-corrected chi connectivity index (χ1v) is 5.12. The summed E-state index contributed by atoms with van der Waals surface area (Å²) in [6, 6.07) is 7.35. The highest BCUT2D eigenvalue weighted by Crippen LogP contribution is 2.20. The Morgan fingerprint density at radius 1 is 1.41 bits per heavy atom. The minimum Gasteiger partial charge on any atom is -0.483 e. The van der Waals surface area contributed by atoms with Crippen LogP contribution in [0, 0.1) is 25.2 Å². The zero-order chi connectivity index (χ0) is 12.3. The molecule has 1 aromatic carbocycles. The maximum Gasteiger partial charge on any atom is 0.264 e. The molecule has 0 unspecified atom stereocenters. The lowest BCUT2D eigenvalue weighted by Crippen LogP contribution is -1.97. The SMILES string of the molecule is Cc1noc(COc2cc(C#N)ccc2C)n1. The fraction of sp³-hybridized carbons (Fsp3) is 0.250. The first-order chi connectivity index (χ1) is 8.19. The van der Waals surface area contributed by atoms with E-state index in [2.05, 4.69) is 16.2 Å². The molecule has 0 aliphatic heterocycles. The van der Waals surface area contributed by atoms with Gasteiger partial charge in [0.15, 0.2) is 12.4 Å². The standard InChI is InChI=1S/C12H11N3O2/c1-8-3-4-10(6-13)5-11(8)16-7-12-14-9(2)15-17-12/h3-5H,7H2,1-2H3. The van der Waals surface area contributed by atoms with E-state index in [9.17, 15) is 0 Å². The Labute approximate surface area is 98.6 Å². The molecule has 0 aliphatic rings. The van der Waals surface area contributed by atoms with Gasteiger partial charge in [-0.25, -0.2) is 0 Å². The van der Waals surface area contributed by atoms with Crippen molar-refractivity contribution in [3.05, 3.63) is 41.0 Å². The van der Waals surface area contributed by atoms with Gasteiger partial charge in [-0.15, -0.1) is 0 Å². The second-order valence-electron chi connectivity index (χ2n) is 3.62. The number of hydrogen-bond donors (Lipinski definition) is 0. The summed E-state index contributed by atoms with van der Waals surface area (Å²) in [5.74, 6) is 1.65. The van der Waals surface area contributed by atoms with E-state index in [-0.39, 0.29) is 6.61 Å². The summed E-state index contributed by atoms with van der Waals surface area (Å²) >= 11 is 0. The van der Waals surface area contributed by atoms with Crippen molar-refractivity contribution in [2.75, 3.05) is 0 Å². The number of nitriles is 1. The molecule has 17 heavy (non-hydrogen) atoms. The second kappa shape index (κ2) is 4.66. The molecular formula is C12H11N3O2. The summed E-state index contributed by atoms with van der Waals surface area (Å²) < 4.78 is 10.5. The predicted molar refractivity (Wildman–Crippen MR) is 59.3 cm³/mol. The average molecular weight is 229 g/mol. The van der Waals surface area contributed by atoms with Gasteiger partial charge in [-0.2, -0.15) is 10.2 Å². The van der Waals surface area contributed by atoms with E-state index in [1.54, 1.807) is 19.1 Å². The van der Waals surface area contributed by atoms with Crippen LogP contribution in [0.5, 0.6) is 5.75 Å². The molecule has 86 valence electrons. The molecule has 0 saturated carbocycles. The maximum absolute atomic E-state index is 8.80. The van der Waals surface area contributed by atoms with Gasteiger partial charge in [0.2, 0.25) is 0 Å². The van der Waals surface area contributed by atoms with E-state index in [1.165, 1.54) is 0 Å². The smallest absolute Gasteiger partial charge is 0.264 e. The quantitative estimate of drug-likeness (QED) is 0.806. The Hall–Kier alpha value is -2.35. The van der Waals surface area contributed by atoms with Gasteiger partial charge in [0, 0.05) is 0 Å². The van der Waals surface area contributed by atoms with Crippen molar-refractivity contribution >= 4 is 0 Å². The molecule has 0 amide bonds. The van der Waals surface area contributed by atoms with Crippen molar-refractivity contribution in [2.45, 2.75) is 20.5 Å². The van der Waals surface area contributed by atoms with Crippen molar-refractivity contribution in [1.29, 1.82) is 5.26 Å². The number of ether oxygens (including phenoxy) is 1. The molecule has 1 heterocycles. The largest absolute Gasteiger partial charge is 0.483 e. The minimum absolute atomic E-state index is 0.205. The molecule has 0 N–H and O–H groups in total. The number of hydrogen-bond acceptors (Lipinski definition) is 5. The molecule has 0 aliphatic carbocycles.